The van der Waals surface area contributed by atoms with Gasteiger partial charge in [-0.1, -0.05) is 28.1 Å². The lowest BCUT2D eigenvalue weighted by molar-refractivity contribution is 0.0951. The Kier molecular flexibility index (Phi) is 5.08. The van der Waals surface area contributed by atoms with Gasteiger partial charge in [-0.15, -0.1) is 0 Å². The number of benzene rings is 2. The van der Waals surface area contributed by atoms with Gasteiger partial charge in [0.05, 0.1) is 16.3 Å². The van der Waals surface area contributed by atoms with E-state index in [1.54, 1.807) is 18.2 Å². The van der Waals surface area contributed by atoms with Crippen molar-refractivity contribution in [2.45, 2.75) is 0 Å². The van der Waals surface area contributed by atoms with E-state index in [0.29, 0.717) is 10.0 Å². The molecule has 0 unspecified atom stereocenters. The molecule has 2 N–H and O–H groups in total. The van der Waals surface area contributed by atoms with Crippen molar-refractivity contribution in [2.75, 3.05) is 0 Å². The van der Waals surface area contributed by atoms with E-state index in [0.717, 1.165) is 4.47 Å². The van der Waals surface area contributed by atoms with E-state index < -0.39 is 11.7 Å². The summed E-state index contributed by atoms with van der Waals surface area (Å²) in [5, 5.41) is 13.5. The van der Waals surface area contributed by atoms with Crippen LogP contribution >= 0.6 is 31.9 Å². The third kappa shape index (κ3) is 3.89. The molecular weight excluding hydrogens is 407 g/mol. The lowest BCUT2D eigenvalue weighted by Crippen LogP contribution is -2.18. The highest BCUT2D eigenvalue weighted by Gasteiger charge is 2.10. The van der Waals surface area contributed by atoms with Gasteiger partial charge in [0.15, 0.2) is 0 Å². The number of nitrogens with one attached hydrogen (secondary N) is 1. The molecule has 0 atom stereocenters. The quantitative estimate of drug-likeness (QED) is 0.591. The van der Waals surface area contributed by atoms with Crippen LogP contribution in [0.1, 0.15) is 15.9 Å². The Morgan fingerprint density at radius 3 is 2.71 bits per heavy atom. The molecule has 0 saturated heterocycles. The summed E-state index contributed by atoms with van der Waals surface area (Å²) in [4.78, 5) is 11.7. The smallest absolute Gasteiger partial charge is 0.274 e. The zero-order valence-corrected chi connectivity index (χ0v) is 13.7. The average molecular weight is 416 g/mol. The molecule has 0 aliphatic heterocycles. The average Bonchev–Trinajstić information content (AvgIpc) is 2.44. The molecule has 1 amide bonds. The molecule has 108 valence electrons. The molecule has 4 nitrogen and oxygen atoms in total. The molecular formula is C14H9Br2FN2O2. The van der Waals surface area contributed by atoms with Crippen molar-refractivity contribution in [3.8, 4) is 5.75 Å². The fourth-order valence-corrected chi connectivity index (χ4v) is 2.81. The molecule has 2 aromatic rings. The van der Waals surface area contributed by atoms with Crippen LogP contribution in [0, 0.1) is 5.82 Å². The van der Waals surface area contributed by atoms with Gasteiger partial charge in [-0.2, -0.15) is 5.10 Å². The fraction of sp³-hybridized carbons (Fsp3) is 0. The Morgan fingerprint density at radius 1 is 1.29 bits per heavy atom. The molecule has 0 spiro atoms. The predicted molar refractivity (Wildman–Crippen MR) is 85.0 cm³/mol. The first-order valence-electron chi connectivity index (χ1n) is 5.75. The lowest BCUT2D eigenvalue weighted by Gasteiger charge is -2.03. The Balaban J connectivity index is 2.13. The summed E-state index contributed by atoms with van der Waals surface area (Å²) >= 11 is 6.46. The first-order chi connectivity index (χ1) is 9.99. The van der Waals surface area contributed by atoms with Crippen LogP contribution in [0.15, 0.2) is 50.4 Å². The monoisotopic (exact) mass is 414 g/mol. The number of aromatic hydroxyl groups is 1. The minimum Gasteiger partial charge on any atom is -0.506 e. The second-order valence-corrected chi connectivity index (χ2v) is 5.77. The third-order valence-corrected chi connectivity index (χ3v) is 3.61. The second kappa shape index (κ2) is 6.82. The number of carbonyl (C=O) groups excluding carboxylic acids is 1. The van der Waals surface area contributed by atoms with Gasteiger partial charge in [-0.05, 0) is 40.2 Å². The van der Waals surface area contributed by atoms with Crippen molar-refractivity contribution >= 4 is 44.0 Å². The maximum atomic E-state index is 13.4. The Bertz CT molecular complexity index is 720. The van der Waals surface area contributed by atoms with E-state index in [-0.39, 0.29) is 11.3 Å². The Morgan fingerprint density at radius 2 is 2.00 bits per heavy atom. The molecule has 7 heteroatoms. The van der Waals surface area contributed by atoms with E-state index in [4.69, 9.17) is 0 Å². The molecule has 2 rings (SSSR count). The third-order valence-electron chi connectivity index (χ3n) is 2.55. The zero-order chi connectivity index (χ0) is 15.4. The molecule has 0 aliphatic rings. The van der Waals surface area contributed by atoms with Crippen molar-refractivity contribution in [3.05, 3.63) is 62.3 Å². The van der Waals surface area contributed by atoms with Gasteiger partial charge in [-0.25, -0.2) is 9.82 Å². The van der Waals surface area contributed by atoms with Crippen molar-refractivity contribution in [1.82, 2.24) is 5.43 Å². The highest BCUT2D eigenvalue weighted by molar-refractivity contribution is 9.11. The van der Waals surface area contributed by atoms with Gasteiger partial charge in [0.2, 0.25) is 0 Å². The molecule has 0 fully saturated rings. The summed E-state index contributed by atoms with van der Waals surface area (Å²) < 4.78 is 14.6. The first kappa shape index (κ1) is 15.7. The summed E-state index contributed by atoms with van der Waals surface area (Å²) in [5.41, 5.74) is 2.49. The van der Waals surface area contributed by atoms with E-state index in [1.165, 1.54) is 24.4 Å². The summed E-state index contributed by atoms with van der Waals surface area (Å²) in [5.74, 6) is -1.31. The van der Waals surface area contributed by atoms with Crippen molar-refractivity contribution < 1.29 is 14.3 Å². The van der Waals surface area contributed by atoms with Gasteiger partial charge >= 0.3 is 0 Å². The number of amides is 1. The molecule has 0 bridgehead atoms. The minimum atomic E-state index is -0.669. The minimum absolute atomic E-state index is 0.0120. The van der Waals surface area contributed by atoms with Gasteiger partial charge in [0.1, 0.15) is 11.6 Å². The summed E-state index contributed by atoms with van der Waals surface area (Å²) in [6.07, 6.45) is 1.27. The highest BCUT2D eigenvalue weighted by Crippen LogP contribution is 2.30. The van der Waals surface area contributed by atoms with Gasteiger partial charge in [0, 0.05) is 10.0 Å². The van der Waals surface area contributed by atoms with Gasteiger partial charge in [0.25, 0.3) is 5.91 Å². The van der Waals surface area contributed by atoms with Crippen molar-refractivity contribution in [2.24, 2.45) is 5.10 Å². The van der Waals surface area contributed by atoms with Crippen LogP contribution in [0.4, 0.5) is 4.39 Å². The number of phenolic OH excluding ortho intramolecular Hbond substituents is 1. The second-order valence-electron chi connectivity index (χ2n) is 4.00. The molecule has 0 aliphatic carbocycles. The maximum absolute atomic E-state index is 13.4. The van der Waals surface area contributed by atoms with E-state index in [2.05, 4.69) is 42.4 Å². The standard InChI is InChI=1S/C14H9Br2FN2O2/c15-9-5-8(13(20)11(16)6-9)7-18-19-14(21)10-3-1-2-4-12(10)17/h1-7,20H,(H,19,21). The topological polar surface area (TPSA) is 61.7 Å². The number of rotatable bonds is 3. The predicted octanol–water partition coefficient (Wildman–Crippen LogP) is 3.82. The van der Waals surface area contributed by atoms with Crippen LogP contribution in [-0.4, -0.2) is 17.2 Å². The van der Waals surface area contributed by atoms with Crippen molar-refractivity contribution in [3.63, 3.8) is 0 Å². The van der Waals surface area contributed by atoms with Crippen LogP contribution in [-0.2, 0) is 0 Å². The van der Waals surface area contributed by atoms with Crippen LogP contribution in [0.3, 0.4) is 0 Å². The van der Waals surface area contributed by atoms with Gasteiger partial charge in [-0.3, -0.25) is 4.79 Å². The summed E-state index contributed by atoms with van der Waals surface area (Å²) in [6.45, 7) is 0. The lowest BCUT2D eigenvalue weighted by atomic mass is 10.2. The SMILES string of the molecule is O=C(NN=Cc1cc(Br)cc(Br)c1O)c1ccccc1F. The van der Waals surface area contributed by atoms with E-state index >= 15 is 0 Å². The van der Waals surface area contributed by atoms with Crippen LogP contribution in [0.2, 0.25) is 0 Å². The molecule has 0 radical (unpaired) electrons. The summed E-state index contributed by atoms with van der Waals surface area (Å²) in [7, 11) is 0. The zero-order valence-electron chi connectivity index (χ0n) is 10.5. The van der Waals surface area contributed by atoms with Crippen molar-refractivity contribution in [1.29, 1.82) is 0 Å². The maximum Gasteiger partial charge on any atom is 0.274 e. The summed E-state index contributed by atoms with van der Waals surface area (Å²) in [6, 6.07) is 8.89. The fourth-order valence-electron chi connectivity index (χ4n) is 1.55. The molecule has 2 aromatic carbocycles. The highest BCUT2D eigenvalue weighted by atomic mass is 79.9. The number of halogens is 3. The molecule has 0 aromatic heterocycles. The van der Waals surface area contributed by atoms with E-state index in [1.807, 2.05) is 0 Å². The largest absolute Gasteiger partial charge is 0.506 e. The number of carbonyl (C=O) groups is 1. The number of phenols is 1. The molecule has 0 saturated carbocycles. The number of hydrogen-bond donors (Lipinski definition) is 2. The number of nitrogens with zero attached hydrogens (tertiary/aromatic N) is 1. The van der Waals surface area contributed by atoms with Crippen LogP contribution < -0.4 is 5.43 Å². The number of hydrazone groups is 1. The normalized spacial score (nSPS) is 10.8. The number of hydrogen-bond acceptors (Lipinski definition) is 3. The van der Waals surface area contributed by atoms with Crippen LogP contribution in [0.25, 0.3) is 0 Å². The van der Waals surface area contributed by atoms with Crippen LogP contribution in [0.5, 0.6) is 5.75 Å². The molecule has 0 heterocycles. The Labute approximate surface area is 136 Å². The van der Waals surface area contributed by atoms with E-state index in [9.17, 15) is 14.3 Å². The van der Waals surface area contributed by atoms with Gasteiger partial charge < -0.3 is 5.11 Å². The Hall–Kier alpha value is -1.73. The first-order valence-corrected chi connectivity index (χ1v) is 7.33. The molecule has 21 heavy (non-hydrogen) atoms.